The van der Waals surface area contributed by atoms with E-state index in [2.05, 4.69) is 26.4 Å². The zero-order valence-electron chi connectivity index (χ0n) is 18.0. The number of hydrogen-bond acceptors (Lipinski definition) is 6. The average molecular weight is 431 g/mol. The van der Waals surface area contributed by atoms with Gasteiger partial charge in [-0.15, -0.1) is 0 Å². The van der Waals surface area contributed by atoms with Crippen LogP contribution in [0.4, 0.5) is 5.69 Å². The Bertz CT molecular complexity index is 1230. The minimum atomic E-state index is -0.150. The number of anilines is 1. The van der Waals surface area contributed by atoms with E-state index in [1.54, 1.807) is 17.1 Å². The minimum absolute atomic E-state index is 0.0760. The van der Waals surface area contributed by atoms with Crippen LogP contribution in [0.25, 0.3) is 22.4 Å². The molecule has 1 aliphatic rings. The average Bonchev–Trinajstić information content (AvgIpc) is 3.44. The summed E-state index contributed by atoms with van der Waals surface area (Å²) >= 11 is 0. The summed E-state index contributed by atoms with van der Waals surface area (Å²) in [5.74, 6) is 0.602. The largest absolute Gasteiger partial charge is 0.464 e. The molecule has 1 fully saturated rings. The van der Waals surface area contributed by atoms with E-state index in [4.69, 9.17) is 9.15 Å². The van der Waals surface area contributed by atoms with Crippen LogP contribution in [0.15, 0.2) is 59.3 Å². The zero-order valence-corrected chi connectivity index (χ0v) is 18.0. The van der Waals surface area contributed by atoms with E-state index in [0.29, 0.717) is 5.65 Å². The monoisotopic (exact) mass is 431 g/mol. The highest BCUT2D eigenvalue weighted by Crippen LogP contribution is 2.30. The molecule has 0 bridgehead atoms. The lowest BCUT2D eigenvalue weighted by atomic mass is 10.1. The van der Waals surface area contributed by atoms with Gasteiger partial charge in [-0.2, -0.15) is 5.10 Å². The van der Waals surface area contributed by atoms with Gasteiger partial charge in [-0.25, -0.2) is 9.67 Å². The Balaban J connectivity index is 1.31. The van der Waals surface area contributed by atoms with Crippen molar-refractivity contribution in [2.24, 2.45) is 0 Å². The van der Waals surface area contributed by atoms with Crippen molar-refractivity contribution in [3.8, 4) is 11.3 Å². The maximum absolute atomic E-state index is 12.8. The SMILES string of the molecule is Cc1nn(CC(=O)Nc2cccc(CN3CCOCC3)c2)c2nccc(-c3ccco3)c12. The summed E-state index contributed by atoms with van der Waals surface area (Å²) < 4.78 is 12.6. The number of morpholine rings is 1. The van der Waals surface area contributed by atoms with E-state index >= 15 is 0 Å². The Morgan fingerprint density at radius 3 is 2.84 bits per heavy atom. The van der Waals surface area contributed by atoms with Gasteiger partial charge < -0.3 is 14.5 Å². The van der Waals surface area contributed by atoms with Gasteiger partial charge >= 0.3 is 0 Å². The lowest BCUT2D eigenvalue weighted by Crippen LogP contribution is -2.35. The van der Waals surface area contributed by atoms with Crippen LogP contribution in [0.3, 0.4) is 0 Å². The molecule has 0 atom stereocenters. The van der Waals surface area contributed by atoms with E-state index in [-0.39, 0.29) is 12.5 Å². The molecule has 8 nitrogen and oxygen atoms in total. The standard InChI is InChI=1S/C24H25N5O3/c1-17-23-20(21-6-3-11-32-21)7-8-25-24(23)29(27-17)16-22(30)26-19-5-2-4-18(14-19)15-28-9-12-31-13-10-28/h2-8,11,14H,9-10,12-13,15-16H2,1H3,(H,26,30). The summed E-state index contributed by atoms with van der Waals surface area (Å²) in [7, 11) is 0. The van der Waals surface area contributed by atoms with Crippen molar-refractivity contribution >= 4 is 22.6 Å². The predicted octanol–water partition coefficient (Wildman–Crippen LogP) is 3.47. The van der Waals surface area contributed by atoms with Gasteiger partial charge in [-0.1, -0.05) is 12.1 Å². The third-order valence-corrected chi connectivity index (χ3v) is 5.61. The molecular weight excluding hydrogens is 406 g/mol. The van der Waals surface area contributed by atoms with E-state index in [0.717, 1.165) is 66.5 Å². The number of ether oxygens (including phenoxy) is 1. The normalized spacial score (nSPS) is 14.7. The van der Waals surface area contributed by atoms with Crippen LogP contribution in [0, 0.1) is 6.92 Å². The van der Waals surface area contributed by atoms with Crippen molar-refractivity contribution < 1.29 is 13.9 Å². The number of aryl methyl sites for hydroxylation is 1. The molecule has 0 saturated carbocycles. The van der Waals surface area contributed by atoms with E-state index in [9.17, 15) is 4.79 Å². The van der Waals surface area contributed by atoms with Gasteiger partial charge in [0.15, 0.2) is 5.65 Å². The molecule has 0 aliphatic carbocycles. The van der Waals surface area contributed by atoms with Crippen molar-refractivity contribution in [1.29, 1.82) is 0 Å². The van der Waals surface area contributed by atoms with Gasteiger partial charge in [-0.05, 0) is 42.8 Å². The third-order valence-electron chi connectivity index (χ3n) is 5.61. The minimum Gasteiger partial charge on any atom is -0.464 e. The van der Waals surface area contributed by atoms with Crippen molar-refractivity contribution in [2.45, 2.75) is 20.0 Å². The zero-order chi connectivity index (χ0) is 21.9. The number of aromatic nitrogens is 3. The molecule has 8 heteroatoms. The molecule has 32 heavy (non-hydrogen) atoms. The van der Waals surface area contributed by atoms with Crippen LogP contribution >= 0.6 is 0 Å². The Morgan fingerprint density at radius 1 is 1.16 bits per heavy atom. The summed E-state index contributed by atoms with van der Waals surface area (Å²) in [6.07, 6.45) is 3.35. The molecule has 1 aromatic carbocycles. The first-order valence-electron chi connectivity index (χ1n) is 10.7. The molecule has 1 aliphatic heterocycles. The highest BCUT2D eigenvalue weighted by molar-refractivity contribution is 5.95. The molecule has 0 spiro atoms. The molecule has 164 valence electrons. The number of nitrogens with zero attached hydrogens (tertiary/aromatic N) is 4. The summed E-state index contributed by atoms with van der Waals surface area (Å²) in [6.45, 7) is 6.22. The second kappa shape index (κ2) is 8.94. The first kappa shape index (κ1) is 20.4. The van der Waals surface area contributed by atoms with Gasteiger partial charge in [0.2, 0.25) is 5.91 Å². The van der Waals surface area contributed by atoms with Crippen molar-refractivity contribution in [3.63, 3.8) is 0 Å². The second-order valence-corrected chi connectivity index (χ2v) is 7.91. The van der Waals surface area contributed by atoms with Crippen LogP contribution in [0.1, 0.15) is 11.3 Å². The van der Waals surface area contributed by atoms with Crippen molar-refractivity contribution in [3.05, 3.63) is 66.2 Å². The van der Waals surface area contributed by atoms with Gasteiger partial charge in [0, 0.05) is 37.1 Å². The Labute approximate surface area is 185 Å². The summed E-state index contributed by atoms with van der Waals surface area (Å²) in [5, 5.41) is 8.46. The van der Waals surface area contributed by atoms with Gasteiger partial charge in [-0.3, -0.25) is 9.69 Å². The van der Waals surface area contributed by atoms with Crippen LogP contribution < -0.4 is 5.32 Å². The van der Waals surface area contributed by atoms with E-state index in [1.165, 1.54) is 0 Å². The van der Waals surface area contributed by atoms with Gasteiger partial charge in [0.1, 0.15) is 12.3 Å². The topological polar surface area (TPSA) is 85.4 Å². The number of furan rings is 1. The second-order valence-electron chi connectivity index (χ2n) is 7.91. The fraction of sp³-hybridized carbons (Fsp3) is 0.292. The number of benzene rings is 1. The summed E-state index contributed by atoms with van der Waals surface area (Å²) in [4.78, 5) is 19.6. The Hall–Kier alpha value is -3.49. The van der Waals surface area contributed by atoms with Crippen molar-refractivity contribution in [1.82, 2.24) is 19.7 Å². The summed E-state index contributed by atoms with van der Waals surface area (Å²) in [6, 6.07) is 13.6. The number of pyridine rings is 1. The lowest BCUT2D eigenvalue weighted by Gasteiger charge is -2.26. The van der Waals surface area contributed by atoms with E-state index in [1.807, 2.05) is 43.3 Å². The number of amides is 1. The highest BCUT2D eigenvalue weighted by atomic mass is 16.5. The molecule has 3 aromatic heterocycles. The third kappa shape index (κ3) is 4.28. The highest BCUT2D eigenvalue weighted by Gasteiger charge is 2.17. The molecule has 4 aromatic rings. The summed E-state index contributed by atoms with van der Waals surface area (Å²) in [5.41, 5.74) is 4.32. The number of rotatable bonds is 6. The molecular formula is C24H25N5O3. The molecule has 5 rings (SSSR count). The molecule has 0 unspecified atom stereocenters. The number of hydrogen-bond donors (Lipinski definition) is 1. The Morgan fingerprint density at radius 2 is 2.03 bits per heavy atom. The van der Waals surface area contributed by atoms with Gasteiger partial charge in [0.05, 0.1) is 30.6 Å². The number of nitrogens with one attached hydrogen (secondary N) is 1. The number of carbonyl (C=O) groups excluding carboxylic acids is 1. The fourth-order valence-corrected chi connectivity index (χ4v) is 4.13. The number of carbonyl (C=O) groups is 1. The molecule has 1 N–H and O–H groups in total. The van der Waals surface area contributed by atoms with Crippen molar-refractivity contribution in [2.75, 3.05) is 31.6 Å². The number of fused-ring (bicyclic) bond motifs is 1. The van der Waals surface area contributed by atoms with Crippen LogP contribution in [0.2, 0.25) is 0 Å². The Kier molecular flexibility index (Phi) is 5.70. The first-order valence-corrected chi connectivity index (χ1v) is 10.7. The lowest BCUT2D eigenvalue weighted by molar-refractivity contribution is -0.116. The predicted molar refractivity (Wildman–Crippen MR) is 121 cm³/mol. The van der Waals surface area contributed by atoms with Crippen LogP contribution in [0.5, 0.6) is 0 Å². The molecule has 0 radical (unpaired) electrons. The first-order chi connectivity index (χ1) is 15.7. The maximum atomic E-state index is 12.8. The van der Waals surface area contributed by atoms with Crippen LogP contribution in [-0.2, 0) is 22.6 Å². The fourth-order valence-electron chi connectivity index (χ4n) is 4.13. The van der Waals surface area contributed by atoms with Crippen LogP contribution in [-0.4, -0.2) is 51.9 Å². The molecule has 4 heterocycles. The quantitative estimate of drug-likeness (QED) is 0.503. The molecule has 1 amide bonds. The maximum Gasteiger partial charge on any atom is 0.246 e. The van der Waals surface area contributed by atoms with E-state index < -0.39 is 0 Å². The van der Waals surface area contributed by atoms with Gasteiger partial charge in [0.25, 0.3) is 0 Å². The smallest absolute Gasteiger partial charge is 0.246 e. The molecule has 1 saturated heterocycles.